The predicted octanol–water partition coefficient (Wildman–Crippen LogP) is 3.82. The molecule has 0 bridgehead atoms. The van der Waals surface area contributed by atoms with E-state index < -0.39 is 12.2 Å². The van der Waals surface area contributed by atoms with Crippen LogP contribution in [0.2, 0.25) is 0 Å². The Balaban J connectivity index is 1.64. The van der Waals surface area contributed by atoms with Gasteiger partial charge in [-0.15, -0.1) is 0 Å². The highest BCUT2D eigenvalue weighted by Crippen LogP contribution is 2.36. The molecule has 0 saturated carbocycles. The summed E-state index contributed by atoms with van der Waals surface area (Å²) in [6.45, 7) is 5.61. The zero-order valence-electron chi connectivity index (χ0n) is 18.2. The molecule has 3 aromatic rings. The van der Waals surface area contributed by atoms with Gasteiger partial charge in [0.25, 0.3) is 5.91 Å². The first-order valence-corrected chi connectivity index (χ1v) is 11.2. The number of carbonyl (C=O) groups is 1. The number of amides is 1. The van der Waals surface area contributed by atoms with Crippen molar-refractivity contribution in [1.29, 1.82) is 0 Å². The van der Waals surface area contributed by atoms with Crippen LogP contribution >= 0.6 is 11.3 Å². The number of likely N-dealkylation sites (N-methyl/N-ethyl adjacent to an activating group) is 1. The molecule has 0 radical (unpaired) electrons. The molecule has 2 unspecified atom stereocenters. The van der Waals surface area contributed by atoms with Crippen LogP contribution in [-0.4, -0.2) is 61.8 Å². The molecule has 1 aliphatic rings. The van der Waals surface area contributed by atoms with Gasteiger partial charge in [0.1, 0.15) is 11.9 Å². The molecule has 2 aromatic carbocycles. The molecule has 0 fully saturated rings. The SMILES string of the molecule is CCOc1ccc2nc(N(CCN(C)C)C(=O)C3Oc4ccccc4OC3C)sc2c1. The number of nitrogens with zero attached hydrogens (tertiary/aromatic N) is 3. The van der Waals surface area contributed by atoms with Crippen LogP contribution in [0.1, 0.15) is 13.8 Å². The Morgan fingerprint density at radius 1 is 1.13 bits per heavy atom. The molecule has 2 atom stereocenters. The Morgan fingerprint density at radius 3 is 2.58 bits per heavy atom. The summed E-state index contributed by atoms with van der Waals surface area (Å²) >= 11 is 1.48. The molecule has 0 aliphatic carbocycles. The lowest BCUT2D eigenvalue weighted by Crippen LogP contribution is -2.52. The van der Waals surface area contributed by atoms with Gasteiger partial charge in [0.2, 0.25) is 6.10 Å². The summed E-state index contributed by atoms with van der Waals surface area (Å²) < 4.78 is 18.6. The van der Waals surface area contributed by atoms with Crippen LogP contribution in [0.5, 0.6) is 17.2 Å². The normalized spacial score (nSPS) is 17.7. The van der Waals surface area contributed by atoms with E-state index in [0.717, 1.165) is 16.0 Å². The number of aromatic nitrogens is 1. The summed E-state index contributed by atoms with van der Waals surface area (Å²) in [6.07, 6.45) is -1.16. The molecule has 0 spiro atoms. The second kappa shape index (κ2) is 9.11. The predicted molar refractivity (Wildman–Crippen MR) is 123 cm³/mol. The van der Waals surface area contributed by atoms with Crippen molar-refractivity contribution >= 4 is 32.6 Å². The zero-order valence-corrected chi connectivity index (χ0v) is 19.0. The third-order valence-corrected chi connectivity index (χ3v) is 6.05. The molecule has 8 heteroatoms. The van der Waals surface area contributed by atoms with Gasteiger partial charge in [0, 0.05) is 13.1 Å². The van der Waals surface area contributed by atoms with Crippen LogP contribution < -0.4 is 19.1 Å². The molecular weight excluding hydrogens is 414 g/mol. The molecular formula is C23H27N3O4S. The number of para-hydroxylation sites is 2. The first kappa shape index (κ1) is 21.4. The maximum absolute atomic E-state index is 13.6. The minimum Gasteiger partial charge on any atom is -0.494 e. The van der Waals surface area contributed by atoms with Gasteiger partial charge in [-0.3, -0.25) is 9.69 Å². The fraction of sp³-hybridized carbons (Fsp3) is 0.391. The van der Waals surface area contributed by atoms with Crippen molar-refractivity contribution in [3.63, 3.8) is 0 Å². The number of hydrogen-bond donors (Lipinski definition) is 0. The Hall–Kier alpha value is -2.84. The highest BCUT2D eigenvalue weighted by atomic mass is 32.1. The highest BCUT2D eigenvalue weighted by molar-refractivity contribution is 7.22. The van der Waals surface area contributed by atoms with Crippen LogP contribution in [0, 0.1) is 0 Å². The number of anilines is 1. The van der Waals surface area contributed by atoms with Gasteiger partial charge in [0.15, 0.2) is 16.6 Å². The van der Waals surface area contributed by atoms with Crippen molar-refractivity contribution in [3.05, 3.63) is 42.5 Å². The van der Waals surface area contributed by atoms with E-state index in [9.17, 15) is 4.79 Å². The van der Waals surface area contributed by atoms with E-state index >= 15 is 0 Å². The second-order valence-corrected chi connectivity index (χ2v) is 8.67. The van der Waals surface area contributed by atoms with Crippen molar-refractivity contribution in [2.75, 3.05) is 38.7 Å². The molecule has 164 valence electrons. The summed E-state index contributed by atoms with van der Waals surface area (Å²) in [7, 11) is 3.96. The van der Waals surface area contributed by atoms with Crippen LogP contribution in [0.25, 0.3) is 10.2 Å². The first-order chi connectivity index (χ1) is 15.0. The third-order valence-electron chi connectivity index (χ3n) is 5.01. The average molecular weight is 442 g/mol. The smallest absolute Gasteiger partial charge is 0.273 e. The largest absolute Gasteiger partial charge is 0.494 e. The summed E-state index contributed by atoms with van der Waals surface area (Å²) in [5.41, 5.74) is 0.838. The van der Waals surface area contributed by atoms with Gasteiger partial charge in [-0.2, -0.15) is 0 Å². The molecule has 2 heterocycles. The first-order valence-electron chi connectivity index (χ1n) is 10.4. The molecule has 1 amide bonds. The Labute approximate surface area is 186 Å². The number of benzene rings is 2. The topological polar surface area (TPSA) is 64.1 Å². The van der Waals surface area contributed by atoms with Crippen LogP contribution in [0.15, 0.2) is 42.5 Å². The van der Waals surface area contributed by atoms with E-state index in [1.165, 1.54) is 11.3 Å². The Morgan fingerprint density at radius 2 is 1.87 bits per heavy atom. The van der Waals surface area contributed by atoms with E-state index in [0.29, 0.717) is 36.3 Å². The summed E-state index contributed by atoms with van der Waals surface area (Å²) in [5, 5.41) is 0.644. The second-order valence-electron chi connectivity index (χ2n) is 7.66. The summed E-state index contributed by atoms with van der Waals surface area (Å²) in [6, 6.07) is 13.2. The summed E-state index contributed by atoms with van der Waals surface area (Å²) in [4.78, 5) is 22.1. The van der Waals surface area contributed by atoms with Crippen LogP contribution in [0.4, 0.5) is 5.13 Å². The van der Waals surface area contributed by atoms with Gasteiger partial charge in [-0.1, -0.05) is 23.5 Å². The van der Waals surface area contributed by atoms with Gasteiger partial charge in [-0.05, 0) is 58.3 Å². The minimum atomic E-state index is -0.747. The van der Waals surface area contributed by atoms with Gasteiger partial charge < -0.3 is 19.1 Å². The highest BCUT2D eigenvalue weighted by Gasteiger charge is 2.38. The van der Waals surface area contributed by atoms with Gasteiger partial charge in [0.05, 0.1) is 16.8 Å². The van der Waals surface area contributed by atoms with E-state index in [1.807, 2.05) is 75.3 Å². The fourth-order valence-electron chi connectivity index (χ4n) is 3.41. The van der Waals surface area contributed by atoms with E-state index in [-0.39, 0.29) is 5.91 Å². The van der Waals surface area contributed by atoms with E-state index in [1.54, 1.807) is 4.90 Å². The number of carbonyl (C=O) groups excluding carboxylic acids is 1. The molecule has 0 saturated heterocycles. The Bertz CT molecular complexity index is 1070. The van der Waals surface area contributed by atoms with Crippen molar-refractivity contribution in [1.82, 2.24) is 9.88 Å². The number of fused-ring (bicyclic) bond motifs is 2. The summed E-state index contributed by atoms with van der Waals surface area (Å²) in [5.74, 6) is 1.87. The van der Waals surface area contributed by atoms with Crippen molar-refractivity contribution in [2.45, 2.75) is 26.1 Å². The third kappa shape index (κ3) is 4.60. The quantitative estimate of drug-likeness (QED) is 0.556. The van der Waals surface area contributed by atoms with Gasteiger partial charge in [-0.25, -0.2) is 4.98 Å². The van der Waals surface area contributed by atoms with Crippen molar-refractivity contribution in [3.8, 4) is 17.2 Å². The standard InChI is InChI=1S/C23H27N3O4S/c1-5-28-16-10-11-17-20(14-16)31-23(24-17)26(13-12-25(3)4)22(27)21-15(2)29-18-8-6-7-9-19(18)30-21/h6-11,14-15,21H,5,12-13H2,1-4H3. The maximum Gasteiger partial charge on any atom is 0.273 e. The molecule has 31 heavy (non-hydrogen) atoms. The van der Waals surface area contributed by atoms with E-state index in [4.69, 9.17) is 19.2 Å². The fourth-order valence-corrected chi connectivity index (χ4v) is 4.43. The van der Waals surface area contributed by atoms with E-state index in [2.05, 4.69) is 0 Å². The number of thiazole rings is 1. The molecule has 7 nitrogen and oxygen atoms in total. The van der Waals surface area contributed by atoms with Crippen molar-refractivity contribution in [2.24, 2.45) is 0 Å². The molecule has 4 rings (SSSR count). The van der Waals surface area contributed by atoms with Gasteiger partial charge >= 0.3 is 0 Å². The number of ether oxygens (including phenoxy) is 3. The zero-order chi connectivity index (χ0) is 22.0. The minimum absolute atomic E-state index is 0.159. The number of rotatable bonds is 7. The lowest BCUT2D eigenvalue weighted by Gasteiger charge is -2.34. The number of hydrogen-bond acceptors (Lipinski definition) is 7. The maximum atomic E-state index is 13.6. The monoisotopic (exact) mass is 441 g/mol. The molecule has 0 N–H and O–H groups in total. The molecule has 1 aromatic heterocycles. The van der Waals surface area contributed by atoms with Crippen LogP contribution in [-0.2, 0) is 4.79 Å². The van der Waals surface area contributed by atoms with Crippen LogP contribution in [0.3, 0.4) is 0 Å². The van der Waals surface area contributed by atoms with Crippen molar-refractivity contribution < 1.29 is 19.0 Å². The average Bonchev–Trinajstić information content (AvgIpc) is 3.16. The molecule has 1 aliphatic heterocycles. The lowest BCUT2D eigenvalue weighted by atomic mass is 10.1. The lowest BCUT2D eigenvalue weighted by molar-refractivity contribution is -0.130. The Kier molecular flexibility index (Phi) is 6.29.